The van der Waals surface area contributed by atoms with Crippen LogP contribution in [0.2, 0.25) is 10.0 Å². The number of halogens is 2. The molecule has 3 aromatic carbocycles. The van der Waals surface area contributed by atoms with Gasteiger partial charge in [-0.3, -0.25) is 9.59 Å². The Hall–Kier alpha value is -2.82. The molecular weight excluding hydrogens is 443 g/mol. The molecule has 0 fully saturated rings. The van der Waals surface area contributed by atoms with Crippen LogP contribution in [-0.2, 0) is 29.0 Å². The zero-order chi connectivity index (χ0) is 23.1. The summed E-state index contributed by atoms with van der Waals surface area (Å²) in [7, 11) is 1.59. The largest absolute Gasteiger partial charge is 0.357 e. The smallest absolute Gasteiger partial charge is 0.242 e. The third-order valence-electron chi connectivity index (χ3n) is 5.33. The van der Waals surface area contributed by atoms with Crippen LogP contribution in [0, 0.1) is 6.92 Å². The molecule has 0 radical (unpaired) electrons. The second-order valence-corrected chi connectivity index (χ2v) is 8.57. The van der Waals surface area contributed by atoms with Gasteiger partial charge in [-0.2, -0.15) is 0 Å². The van der Waals surface area contributed by atoms with Gasteiger partial charge in [-0.1, -0.05) is 89.4 Å². The number of nitrogens with one attached hydrogen (secondary N) is 1. The van der Waals surface area contributed by atoms with Crippen LogP contribution in [0.1, 0.15) is 22.3 Å². The number of amides is 2. The van der Waals surface area contributed by atoms with Crippen LogP contribution < -0.4 is 5.32 Å². The lowest BCUT2D eigenvalue weighted by Crippen LogP contribution is -2.50. The third-order valence-corrected chi connectivity index (χ3v) is 6.07. The molecule has 3 aromatic rings. The summed E-state index contributed by atoms with van der Waals surface area (Å²) in [6.07, 6.45) is 0.603. The normalized spacial score (nSPS) is 11.6. The molecule has 0 spiro atoms. The third kappa shape index (κ3) is 6.35. The van der Waals surface area contributed by atoms with Crippen LogP contribution in [0.15, 0.2) is 72.8 Å². The molecule has 0 aliphatic heterocycles. The Morgan fingerprint density at radius 2 is 1.53 bits per heavy atom. The number of carbonyl (C=O) groups excluding carboxylic acids is 2. The topological polar surface area (TPSA) is 49.4 Å². The van der Waals surface area contributed by atoms with Gasteiger partial charge in [-0.05, 0) is 35.7 Å². The molecule has 1 N–H and O–H groups in total. The SMILES string of the molecule is CNC(=O)[C@H](Cc1ccccc1)N(Cc1ccc(Cl)c(Cl)c1)C(=O)Cc1ccc(C)cc1. The lowest BCUT2D eigenvalue weighted by Gasteiger charge is -2.31. The molecule has 2 amide bonds. The molecule has 0 heterocycles. The molecule has 0 aliphatic rings. The number of benzene rings is 3. The van der Waals surface area contributed by atoms with Crippen LogP contribution in [0.25, 0.3) is 0 Å². The Morgan fingerprint density at radius 3 is 2.16 bits per heavy atom. The van der Waals surface area contributed by atoms with Gasteiger partial charge in [0, 0.05) is 20.0 Å². The van der Waals surface area contributed by atoms with E-state index in [-0.39, 0.29) is 24.8 Å². The maximum absolute atomic E-state index is 13.5. The summed E-state index contributed by atoms with van der Waals surface area (Å²) in [4.78, 5) is 28.0. The van der Waals surface area contributed by atoms with E-state index in [1.807, 2.05) is 67.6 Å². The van der Waals surface area contributed by atoms with Gasteiger partial charge in [0.1, 0.15) is 6.04 Å². The summed E-state index contributed by atoms with van der Waals surface area (Å²) >= 11 is 12.3. The van der Waals surface area contributed by atoms with E-state index in [4.69, 9.17) is 23.2 Å². The van der Waals surface area contributed by atoms with E-state index in [1.165, 1.54) is 0 Å². The van der Waals surface area contributed by atoms with Crippen molar-refractivity contribution in [3.63, 3.8) is 0 Å². The monoisotopic (exact) mass is 468 g/mol. The van der Waals surface area contributed by atoms with Crippen LogP contribution in [0.4, 0.5) is 0 Å². The zero-order valence-electron chi connectivity index (χ0n) is 18.1. The quantitative estimate of drug-likeness (QED) is 0.491. The van der Waals surface area contributed by atoms with E-state index in [1.54, 1.807) is 24.1 Å². The van der Waals surface area contributed by atoms with Crippen molar-refractivity contribution in [3.8, 4) is 0 Å². The highest BCUT2D eigenvalue weighted by Crippen LogP contribution is 2.24. The van der Waals surface area contributed by atoms with Crippen molar-refractivity contribution in [2.75, 3.05) is 7.05 Å². The van der Waals surface area contributed by atoms with E-state index in [9.17, 15) is 9.59 Å². The van der Waals surface area contributed by atoms with E-state index < -0.39 is 6.04 Å². The van der Waals surface area contributed by atoms with Gasteiger partial charge < -0.3 is 10.2 Å². The molecule has 166 valence electrons. The molecule has 0 bridgehead atoms. The van der Waals surface area contributed by atoms with Crippen molar-refractivity contribution < 1.29 is 9.59 Å². The standard InChI is InChI=1S/C26H26Cl2N2O2/c1-18-8-10-20(11-9-18)16-25(31)30(17-21-12-13-22(27)23(28)14-21)24(26(32)29-2)15-19-6-4-3-5-7-19/h3-14,24H,15-17H2,1-2H3,(H,29,32)/t24-/m0/s1. The van der Waals surface area contributed by atoms with Crippen molar-refractivity contribution in [1.29, 1.82) is 0 Å². The predicted molar refractivity (Wildman–Crippen MR) is 130 cm³/mol. The number of hydrogen-bond acceptors (Lipinski definition) is 2. The van der Waals surface area contributed by atoms with E-state index in [2.05, 4.69) is 5.32 Å². The number of likely N-dealkylation sites (N-methyl/N-ethyl adjacent to an activating group) is 1. The first kappa shape index (κ1) is 23.8. The molecule has 0 aromatic heterocycles. The van der Waals surface area contributed by atoms with Gasteiger partial charge in [0.25, 0.3) is 0 Å². The first-order chi connectivity index (χ1) is 15.4. The van der Waals surface area contributed by atoms with Crippen molar-refractivity contribution in [2.24, 2.45) is 0 Å². The summed E-state index contributed by atoms with van der Waals surface area (Å²) in [6, 6.07) is 22.1. The molecule has 3 rings (SSSR count). The molecule has 0 aliphatic carbocycles. The maximum Gasteiger partial charge on any atom is 0.242 e. The van der Waals surface area contributed by atoms with Gasteiger partial charge in [0.2, 0.25) is 11.8 Å². The fourth-order valence-corrected chi connectivity index (χ4v) is 3.86. The van der Waals surface area contributed by atoms with Gasteiger partial charge in [-0.15, -0.1) is 0 Å². The minimum atomic E-state index is -0.671. The molecule has 0 unspecified atom stereocenters. The average Bonchev–Trinajstić information content (AvgIpc) is 2.80. The summed E-state index contributed by atoms with van der Waals surface area (Å²) in [5.74, 6) is -0.351. The number of carbonyl (C=O) groups is 2. The van der Waals surface area contributed by atoms with E-state index >= 15 is 0 Å². The molecular formula is C26H26Cl2N2O2. The first-order valence-corrected chi connectivity index (χ1v) is 11.2. The summed E-state index contributed by atoms with van der Waals surface area (Å²) in [6.45, 7) is 2.25. The maximum atomic E-state index is 13.5. The van der Waals surface area contributed by atoms with Crippen molar-refractivity contribution in [2.45, 2.75) is 32.4 Å². The average molecular weight is 469 g/mol. The second kappa shape index (κ2) is 11.2. The van der Waals surface area contributed by atoms with Crippen LogP contribution in [0.3, 0.4) is 0 Å². The van der Waals surface area contributed by atoms with Crippen LogP contribution in [0.5, 0.6) is 0 Å². The fraction of sp³-hybridized carbons (Fsp3) is 0.231. The fourth-order valence-electron chi connectivity index (χ4n) is 3.54. The Kier molecular flexibility index (Phi) is 8.32. The Morgan fingerprint density at radius 1 is 0.875 bits per heavy atom. The molecule has 1 atom stereocenters. The van der Waals surface area contributed by atoms with Crippen molar-refractivity contribution in [1.82, 2.24) is 10.2 Å². The molecule has 0 saturated heterocycles. The Balaban J connectivity index is 1.94. The highest BCUT2D eigenvalue weighted by atomic mass is 35.5. The van der Waals surface area contributed by atoms with Crippen LogP contribution in [-0.4, -0.2) is 29.8 Å². The van der Waals surface area contributed by atoms with Gasteiger partial charge in [-0.25, -0.2) is 0 Å². The van der Waals surface area contributed by atoms with Gasteiger partial charge in [0.15, 0.2) is 0 Å². The minimum Gasteiger partial charge on any atom is -0.357 e. The number of nitrogens with zero attached hydrogens (tertiary/aromatic N) is 1. The molecule has 4 nitrogen and oxygen atoms in total. The first-order valence-electron chi connectivity index (χ1n) is 10.4. The number of rotatable bonds is 8. The van der Waals surface area contributed by atoms with Gasteiger partial charge in [0.05, 0.1) is 16.5 Å². The molecule has 0 saturated carbocycles. The predicted octanol–water partition coefficient (Wildman–Crippen LogP) is 5.23. The Bertz CT molecular complexity index is 1070. The minimum absolute atomic E-state index is 0.135. The van der Waals surface area contributed by atoms with Crippen molar-refractivity contribution >= 4 is 35.0 Å². The molecule has 6 heteroatoms. The summed E-state index contributed by atoms with van der Waals surface area (Å²) in [5.41, 5.74) is 3.80. The van der Waals surface area contributed by atoms with E-state index in [0.29, 0.717) is 16.5 Å². The van der Waals surface area contributed by atoms with Crippen LogP contribution >= 0.6 is 23.2 Å². The number of hydrogen-bond donors (Lipinski definition) is 1. The summed E-state index contributed by atoms with van der Waals surface area (Å²) < 4.78 is 0. The van der Waals surface area contributed by atoms with Gasteiger partial charge >= 0.3 is 0 Å². The van der Waals surface area contributed by atoms with Crippen molar-refractivity contribution in [3.05, 3.63) is 105 Å². The number of aryl methyl sites for hydroxylation is 1. The zero-order valence-corrected chi connectivity index (χ0v) is 19.7. The lowest BCUT2D eigenvalue weighted by atomic mass is 10.0. The highest BCUT2D eigenvalue weighted by molar-refractivity contribution is 6.42. The Labute approximate surface area is 199 Å². The van der Waals surface area contributed by atoms with E-state index in [0.717, 1.165) is 22.3 Å². The summed E-state index contributed by atoms with van der Waals surface area (Å²) in [5, 5.41) is 3.57. The second-order valence-electron chi connectivity index (χ2n) is 7.75. The molecule has 32 heavy (non-hydrogen) atoms. The lowest BCUT2D eigenvalue weighted by molar-refractivity contribution is -0.140. The highest BCUT2D eigenvalue weighted by Gasteiger charge is 2.30.